The summed E-state index contributed by atoms with van der Waals surface area (Å²) in [4.78, 5) is 13.8. The highest BCUT2D eigenvalue weighted by Gasteiger charge is 2.36. The molecule has 0 aromatic heterocycles. The third-order valence-corrected chi connectivity index (χ3v) is 4.63. The van der Waals surface area contributed by atoms with E-state index in [0.717, 1.165) is 30.0 Å². The molecule has 0 radical (unpaired) electrons. The van der Waals surface area contributed by atoms with Gasteiger partial charge in [-0.2, -0.15) is 0 Å². The number of benzene rings is 1. The highest BCUT2D eigenvalue weighted by Crippen LogP contribution is 2.39. The van der Waals surface area contributed by atoms with Gasteiger partial charge in [0.05, 0.1) is 0 Å². The van der Waals surface area contributed by atoms with Crippen LogP contribution < -0.4 is 4.90 Å². The molecule has 2 atom stereocenters. The molecule has 0 N–H and O–H groups in total. The van der Waals surface area contributed by atoms with Gasteiger partial charge in [-0.05, 0) is 44.2 Å². The van der Waals surface area contributed by atoms with Crippen molar-refractivity contribution in [1.29, 1.82) is 0 Å². The van der Waals surface area contributed by atoms with Crippen molar-refractivity contribution in [3.8, 4) is 0 Å². The second kappa shape index (κ2) is 4.75. The molecule has 96 valence electrons. The molecule has 0 spiro atoms. The molecule has 2 aliphatic rings. The number of hydrogen-bond acceptors (Lipinski definition) is 2. The van der Waals surface area contributed by atoms with E-state index in [1.165, 1.54) is 37.7 Å². The van der Waals surface area contributed by atoms with E-state index in [1.54, 1.807) is 0 Å². The van der Waals surface area contributed by atoms with Crippen LogP contribution in [0, 0.1) is 12.8 Å². The summed E-state index contributed by atoms with van der Waals surface area (Å²) in [5.41, 5.74) is 3.19. The molecule has 1 aromatic rings. The average Bonchev–Trinajstić information content (AvgIpc) is 2.82. The van der Waals surface area contributed by atoms with Crippen molar-refractivity contribution in [3.63, 3.8) is 0 Å². The largest absolute Gasteiger partial charge is 0.368 e. The quantitative estimate of drug-likeness (QED) is 0.740. The number of fused-ring (bicyclic) bond motifs is 1. The lowest BCUT2D eigenvalue weighted by Crippen LogP contribution is -2.35. The third-order valence-electron chi connectivity index (χ3n) is 4.63. The first-order valence-corrected chi connectivity index (χ1v) is 7.12. The summed E-state index contributed by atoms with van der Waals surface area (Å²) in [5, 5.41) is 0. The molecule has 1 aliphatic carbocycles. The Morgan fingerprint density at radius 3 is 2.89 bits per heavy atom. The van der Waals surface area contributed by atoms with Crippen molar-refractivity contribution in [2.24, 2.45) is 5.92 Å². The van der Waals surface area contributed by atoms with Gasteiger partial charge in [0, 0.05) is 23.8 Å². The van der Waals surface area contributed by atoms with E-state index >= 15 is 0 Å². The molecule has 2 nitrogen and oxygen atoms in total. The number of hydrogen-bond donors (Lipinski definition) is 0. The van der Waals surface area contributed by atoms with Gasteiger partial charge in [0.1, 0.15) is 0 Å². The number of carbonyl (C=O) groups is 1. The van der Waals surface area contributed by atoms with Gasteiger partial charge in [-0.3, -0.25) is 4.79 Å². The van der Waals surface area contributed by atoms with Crippen LogP contribution in [0.5, 0.6) is 0 Å². The van der Waals surface area contributed by atoms with Gasteiger partial charge in [-0.1, -0.05) is 24.5 Å². The van der Waals surface area contributed by atoms with E-state index in [-0.39, 0.29) is 0 Å². The van der Waals surface area contributed by atoms with E-state index in [9.17, 15) is 4.79 Å². The monoisotopic (exact) mass is 243 g/mol. The summed E-state index contributed by atoms with van der Waals surface area (Å²) in [6, 6.07) is 6.95. The van der Waals surface area contributed by atoms with Gasteiger partial charge in [0.25, 0.3) is 0 Å². The molecule has 2 heteroatoms. The van der Waals surface area contributed by atoms with Gasteiger partial charge in [-0.25, -0.2) is 0 Å². The van der Waals surface area contributed by atoms with Crippen LogP contribution in [0.25, 0.3) is 0 Å². The minimum Gasteiger partial charge on any atom is -0.368 e. The molecular formula is C16H21NO. The van der Waals surface area contributed by atoms with Crippen molar-refractivity contribution in [1.82, 2.24) is 0 Å². The smallest absolute Gasteiger partial charge is 0.152 e. The van der Waals surface area contributed by atoms with Gasteiger partial charge in [-0.15, -0.1) is 0 Å². The summed E-state index contributed by atoms with van der Waals surface area (Å²) in [6.07, 6.45) is 7.74. The normalized spacial score (nSPS) is 27.1. The zero-order chi connectivity index (χ0) is 12.5. The van der Waals surface area contributed by atoms with Crippen LogP contribution in [-0.4, -0.2) is 18.9 Å². The first-order chi connectivity index (χ1) is 8.79. The molecule has 3 rings (SSSR count). The molecule has 0 amide bonds. The first kappa shape index (κ1) is 11.8. The van der Waals surface area contributed by atoms with Crippen molar-refractivity contribution < 1.29 is 4.79 Å². The van der Waals surface area contributed by atoms with Crippen molar-refractivity contribution >= 4 is 12.0 Å². The maximum Gasteiger partial charge on any atom is 0.152 e. The van der Waals surface area contributed by atoms with E-state index < -0.39 is 0 Å². The fraction of sp³-hybridized carbons (Fsp3) is 0.562. The Hall–Kier alpha value is -1.31. The molecule has 2 fully saturated rings. The second-order valence-corrected chi connectivity index (χ2v) is 5.77. The van der Waals surface area contributed by atoms with Crippen LogP contribution in [0.2, 0.25) is 0 Å². The third kappa shape index (κ3) is 1.94. The van der Waals surface area contributed by atoms with E-state index in [4.69, 9.17) is 0 Å². The van der Waals surface area contributed by atoms with Crippen LogP contribution in [-0.2, 0) is 0 Å². The minimum absolute atomic E-state index is 0.681. The molecule has 2 unspecified atom stereocenters. The van der Waals surface area contributed by atoms with E-state index in [0.29, 0.717) is 6.04 Å². The number of anilines is 1. The summed E-state index contributed by atoms with van der Waals surface area (Å²) in [5.74, 6) is 0.861. The Balaban J connectivity index is 1.92. The minimum atomic E-state index is 0.681. The van der Waals surface area contributed by atoms with Crippen LogP contribution in [0.15, 0.2) is 18.2 Å². The van der Waals surface area contributed by atoms with E-state index in [1.807, 2.05) is 13.0 Å². The topological polar surface area (TPSA) is 20.3 Å². The highest BCUT2D eigenvalue weighted by molar-refractivity contribution is 5.85. The maximum absolute atomic E-state index is 11.3. The van der Waals surface area contributed by atoms with Crippen LogP contribution in [0.4, 0.5) is 5.69 Å². The SMILES string of the molecule is Cc1ccc(N2CCC3CCCCC32)c(C=O)c1. The van der Waals surface area contributed by atoms with Crippen LogP contribution >= 0.6 is 0 Å². The molecule has 1 saturated heterocycles. The van der Waals surface area contributed by atoms with Gasteiger partial charge in [0.2, 0.25) is 0 Å². The molecule has 1 aromatic carbocycles. The molecule has 1 aliphatic heterocycles. The van der Waals surface area contributed by atoms with Crippen LogP contribution in [0.3, 0.4) is 0 Å². The standard InChI is InChI=1S/C16H21NO/c1-12-6-7-16(14(10-12)11-18)17-9-8-13-4-2-3-5-15(13)17/h6-7,10-11,13,15H,2-5,8-9H2,1H3. The summed E-state index contributed by atoms with van der Waals surface area (Å²) in [7, 11) is 0. The molecule has 0 bridgehead atoms. The van der Waals surface area contributed by atoms with Crippen LogP contribution in [0.1, 0.15) is 48.0 Å². The molecule has 18 heavy (non-hydrogen) atoms. The van der Waals surface area contributed by atoms with Gasteiger partial charge >= 0.3 is 0 Å². The Labute approximate surface area is 109 Å². The predicted molar refractivity (Wildman–Crippen MR) is 74.3 cm³/mol. The van der Waals surface area contributed by atoms with Crippen molar-refractivity contribution in [2.45, 2.75) is 45.1 Å². The zero-order valence-corrected chi connectivity index (χ0v) is 11.1. The lowest BCUT2D eigenvalue weighted by molar-refractivity contribution is 0.112. The average molecular weight is 243 g/mol. The summed E-state index contributed by atoms with van der Waals surface area (Å²) >= 11 is 0. The predicted octanol–water partition coefficient (Wildman–Crippen LogP) is 3.58. The molecule has 1 saturated carbocycles. The number of carbonyl (C=O) groups excluding carboxylic acids is 1. The zero-order valence-electron chi connectivity index (χ0n) is 11.1. The summed E-state index contributed by atoms with van der Waals surface area (Å²) < 4.78 is 0. The van der Waals surface area contributed by atoms with Crippen molar-refractivity contribution in [3.05, 3.63) is 29.3 Å². The molecule has 1 heterocycles. The number of rotatable bonds is 2. The summed E-state index contributed by atoms with van der Waals surface area (Å²) in [6.45, 7) is 3.17. The van der Waals surface area contributed by atoms with Gasteiger partial charge in [0.15, 0.2) is 6.29 Å². The lowest BCUT2D eigenvalue weighted by Gasteiger charge is -2.33. The Morgan fingerprint density at radius 2 is 2.06 bits per heavy atom. The Kier molecular flexibility index (Phi) is 3.11. The highest BCUT2D eigenvalue weighted by atomic mass is 16.1. The lowest BCUT2D eigenvalue weighted by atomic mass is 9.85. The Morgan fingerprint density at radius 1 is 1.22 bits per heavy atom. The fourth-order valence-electron chi connectivity index (χ4n) is 3.73. The second-order valence-electron chi connectivity index (χ2n) is 5.77. The maximum atomic E-state index is 11.3. The molecular weight excluding hydrogens is 222 g/mol. The van der Waals surface area contributed by atoms with E-state index in [2.05, 4.69) is 17.0 Å². The number of nitrogens with zero attached hydrogens (tertiary/aromatic N) is 1. The van der Waals surface area contributed by atoms with Gasteiger partial charge < -0.3 is 4.90 Å². The van der Waals surface area contributed by atoms with Crippen molar-refractivity contribution in [2.75, 3.05) is 11.4 Å². The number of aldehydes is 1. The first-order valence-electron chi connectivity index (χ1n) is 7.12. The fourth-order valence-corrected chi connectivity index (χ4v) is 3.73. The number of aryl methyl sites for hydroxylation is 1. The Bertz CT molecular complexity index is 454.